The molecular formula is C51H69ClN14O7S2. The SMILES string of the molecule is CC(C)(C)OC(=O)NC1CNC1.CC(C)=C(Cl)N(C)C.Cc1nc2nc(N[C@@H](C)c3ccccn3)nc(C(=O)N3CC(CC(=O)OC(C)(C)C)C3)c2s1.Cc1nc2nc(N[C@@H](C)c3ccccn3)nc(C(=O)O)c2s1. The fraction of sp³-hybridized carbons (Fsp3) is 0.490. The number of carbonyl (C=O) groups excluding carboxylic acids is 3. The summed E-state index contributed by atoms with van der Waals surface area (Å²) in [5.74, 6) is -0.860. The number of halogens is 1. The normalized spacial score (nSPS) is 14.1. The van der Waals surface area contributed by atoms with Gasteiger partial charge in [0, 0.05) is 58.6 Å². The van der Waals surface area contributed by atoms with Crippen molar-refractivity contribution in [1.29, 1.82) is 0 Å². The zero-order chi connectivity index (χ0) is 55.4. The highest BCUT2D eigenvalue weighted by molar-refractivity contribution is 7.19. The number of aromatic nitrogens is 8. The van der Waals surface area contributed by atoms with Crippen molar-refractivity contribution in [3.8, 4) is 0 Å². The van der Waals surface area contributed by atoms with E-state index in [1.54, 1.807) is 17.3 Å². The first-order valence-electron chi connectivity index (χ1n) is 24.3. The predicted molar refractivity (Wildman–Crippen MR) is 293 cm³/mol. The highest BCUT2D eigenvalue weighted by Gasteiger charge is 2.36. The number of nitrogens with one attached hydrogen (secondary N) is 4. The van der Waals surface area contributed by atoms with Gasteiger partial charge in [0.15, 0.2) is 22.7 Å². The van der Waals surface area contributed by atoms with Crippen LogP contribution in [0.15, 0.2) is 59.5 Å². The van der Waals surface area contributed by atoms with Gasteiger partial charge in [-0.15, -0.1) is 22.7 Å². The van der Waals surface area contributed by atoms with Crippen molar-refractivity contribution < 1.29 is 33.8 Å². The molecule has 2 amide bonds. The smallest absolute Gasteiger partial charge is 0.407 e. The van der Waals surface area contributed by atoms with Crippen molar-refractivity contribution in [3.05, 3.63) is 92.3 Å². The lowest BCUT2D eigenvalue weighted by molar-refractivity contribution is -0.157. The van der Waals surface area contributed by atoms with E-state index in [-0.39, 0.29) is 53.7 Å². The second-order valence-electron chi connectivity index (χ2n) is 20.2. The molecule has 24 heteroatoms. The number of likely N-dealkylation sites (tertiary alicyclic amines) is 1. The number of alkyl carbamates (subject to hydrolysis) is 1. The van der Waals surface area contributed by atoms with Crippen molar-refractivity contribution in [2.45, 2.75) is 119 Å². The number of aromatic carboxylic acids is 1. The van der Waals surface area contributed by atoms with E-state index in [1.807, 2.05) is 138 Å². The Bertz CT molecular complexity index is 2930. The summed E-state index contributed by atoms with van der Waals surface area (Å²) in [4.78, 5) is 86.2. The summed E-state index contributed by atoms with van der Waals surface area (Å²) >= 11 is 8.43. The molecule has 2 atom stereocenters. The van der Waals surface area contributed by atoms with Crippen LogP contribution >= 0.6 is 34.3 Å². The summed E-state index contributed by atoms with van der Waals surface area (Å²) < 4.78 is 11.6. The molecule has 0 spiro atoms. The molecule has 5 N–H and O–H groups in total. The van der Waals surface area contributed by atoms with Gasteiger partial charge in [-0.25, -0.2) is 29.5 Å². The van der Waals surface area contributed by atoms with Crippen molar-refractivity contribution in [2.75, 3.05) is 50.9 Å². The van der Waals surface area contributed by atoms with Crippen LogP contribution in [0.5, 0.6) is 0 Å². The number of amides is 2. The number of rotatable bonds is 12. The number of pyridine rings is 2. The molecule has 0 aromatic carbocycles. The molecule has 2 fully saturated rings. The van der Waals surface area contributed by atoms with Gasteiger partial charge in [-0.1, -0.05) is 23.7 Å². The number of anilines is 2. The summed E-state index contributed by atoms with van der Waals surface area (Å²) in [6.07, 6.45) is 3.40. The largest absolute Gasteiger partial charge is 0.476 e. The fourth-order valence-corrected chi connectivity index (χ4v) is 8.70. The molecule has 0 aliphatic carbocycles. The highest BCUT2D eigenvalue weighted by atomic mass is 35.5. The Balaban J connectivity index is 0.000000211. The van der Waals surface area contributed by atoms with Gasteiger partial charge in [-0.2, -0.15) is 9.97 Å². The van der Waals surface area contributed by atoms with E-state index >= 15 is 0 Å². The van der Waals surface area contributed by atoms with Crippen molar-refractivity contribution >= 4 is 90.8 Å². The predicted octanol–water partition coefficient (Wildman–Crippen LogP) is 8.95. The fourth-order valence-electron chi connectivity index (χ4n) is 7.02. The Morgan fingerprint density at radius 2 is 1.25 bits per heavy atom. The standard InChI is InChI=1S/C23H28N6O3S.C14H13N5O2S.C8H16N2O2.C6H12ClN/c1-13(16-8-6-7-9-24-16)25-22-27-18(19-20(28-22)26-14(2)33-19)21(31)29-11-15(12-29)10-17(30)32-23(3,4)5;1-7(9-5-3-4-6-15-9)16-14-18-10(13(20)21)11-12(19-14)17-8(2)22-11;1-8(2,3)12-7(11)10-6-4-9-5-6;1-5(2)6(7)8(3)4/h6-9,13,15H,10-12H2,1-5H3,(H,25,27,28);3-7H,1-2H3,(H,20,21)(H,16,18,19);6,9H,4-5H2,1-3H3,(H,10,11);1-4H3/t13-;7-;;/m00../s1. The van der Waals surface area contributed by atoms with Crippen LogP contribution in [-0.2, 0) is 14.3 Å². The first kappa shape index (κ1) is 59.2. The summed E-state index contributed by atoms with van der Waals surface area (Å²) in [5, 5.41) is 23.8. The number of hydrogen-bond donors (Lipinski definition) is 5. The quantitative estimate of drug-likeness (QED) is 0.0565. The molecule has 2 aliphatic rings. The number of carboxylic acid groups (broad SMARTS) is 1. The summed E-state index contributed by atoms with van der Waals surface area (Å²) in [7, 11) is 3.85. The maximum Gasteiger partial charge on any atom is 0.407 e. The number of fused-ring (bicyclic) bond motifs is 2. The van der Waals surface area contributed by atoms with E-state index in [1.165, 1.54) is 22.7 Å². The third-order valence-corrected chi connectivity index (χ3v) is 13.2. The number of nitrogens with zero attached hydrogens (tertiary/aromatic N) is 10. The molecule has 0 unspecified atom stereocenters. The summed E-state index contributed by atoms with van der Waals surface area (Å²) in [6, 6.07) is 11.2. The lowest BCUT2D eigenvalue weighted by Crippen LogP contribution is -2.57. The van der Waals surface area contributed by atoms with Gasteiger partial charge in [0.1, 0.15) is 25.8 Å². The molecule has 8 rings (SSSR count). The van der Waals surface area contributed by atoms with Gasteiger partial charge in [0.05, 0.1) is 45.9 Å². The van der Waals surface area contributed by atoms with E-state index in [9.17, 15) is 24.3 Å². The Kier molecular flexibility index (Phi) is 20.7. The second kappa shape index (κ2) is 26.2. The topological polar surface area (TPSA) is 265 Å². The zero-order valence-electron chi connectivity index (χ0n) is 45.0. The summed E-state index contributed by atoms with van der Waals surface area (Å²) in [5.41, 5.74) is 3.08. The third-order valence-electron chi connectivity index (χ3n) is 10.5. The van der Waals surface area contributed by atoms with Gasteiger partial charge < -0.3 is 45.6 Å². The van der Waals surface area contributed by atoms with Crippen LogP contribution in [0.1, 0.15) is 130 Å². The monoisotopic (exact) mass is 1090 g/mol. The Labute approximate surface area is 450 Å². The molecule has 2 aliphatic heterocycles. The van der Waals surface area contributed by atoms with E-state index in [0.29, 0.717) is 51.8 Å². The maximum absolute atomic E-state index is 13.3. The van der Waals surface area contributed by atoms with Gasteiger partial charge in [0.2, 0.25) is 11.9 Å². The number of aryl methyl sites for hydroxylation is 2. The minimum atomic E-state index is -1.09. The molecule has 0 saturated carbocycles. The van der Waals surface area contributed by atoms with Gasteiger partial charge >= 0.3 is 18.0 Å². The lowest BCUT2D eigenvalue weighted by atomic mass is 9.96. The second-order valence-corrected chi connectivity index (χ2v) is 22.9. The van der Waals surface area contributed by atoms with Crippen LogP contribution in [0, 0.1) is 19.8 Å². The number of ether oxygens (including phenoxy) is 2. The molecule has 75 heavy (non-hydrogen) atoms. The van der Waals surface area contributed by atoms with Crippen LogP contribution in [0.25, 0.3) is 20.7 Å². The number of carbonyl (C=O) groups is 4. The number of allylic oxidation sites excluding steroid dienone is 1. The van der Waals surface area contributed by atoms with Crippen LogP contribution in [0.2, 0.25) is 0 Å². The Hall–Kier alpha value is -6.69. The van der Waals surface area contributed by atoms with Gasteiger partial charge in [-0.3, -0.25) is 19.6 Å². The molecule has 0 bridgehead atoms. The Morgan fingerprint density at radius 3 is 1.64 bits per heavy atom. The summed E-state index contributed by atoms with van der Waals surface area (Å²) in [6.45, 7) is 25.3. The van der Waals surface area contributed by atoms with E-state index < -0.39 is 17.2 Å². The third kappa shape index (κ3) is 18.3. The average Bonchev–Trinajstić information content (AvgIpc) is 3.87. The molecular weight excluding hydrogens is 1020 g/mol. The molecule has 0 radical (unpaired) electrons. The maximum atomic E-state index is 13.3. The first-order valence-corrected chi connectivity index (χ1v) is 26.3. The van der Waals surface area contributed by atoms with Crippen molar-refractivity contribution in [2.24, 2.45) is 5.92 Å². The molecule has 6 aromatic heterocycles. The van der Waals surface area contributed by atoms with Crippen LogP contribution in [0.3, 0.4) is 0 Å². The van der Waals surface area contributed by atoms with Crippen LogP contribution in [0.4, 0.5) is 16.7 Å². The number of esters is 1. The van der Waals surface area contributed by atoms with Crippen molar-refractivity contribution in [3.63, 3.8) is 0 Å². The molecule has 404 valence electrons. The minimum Gasteiger partial charge on any atom is -0.476 e. The van der Waals surface area contributed by atoms with Gasteiger partial charge in [-0.05, 0) is 113 Å². The number of carboxylic acids is 1. The van der Waals surface area contributed by atoms with E-state index in [2.05, 4.69) is 61.1 Å². The zero-order valence-corrected chi connectivity index (χ0v) is 47.4. The first-order chi connectivity index (χ1) is 35.2. The molecule has 21 nitrogen and oxygen atoms in total. The van der Waals surface area contributed by atoms with Crippen LogP contribution in [-0.4, -0.2) is 136 Å². The number of thiazole rings is 2. The van der Waals surface area contributed by atoms with E-state index in [4.69, 9.17) is 21.1 Å². The van der Waals surface area contributed by atoms with Crippen LogP contribution < -0.4 is 21.3 Å². The molecule has 2 saturated heterocycles. The minimum absolute atomic E-state index is 0.0358. The average molecular weight is 1090 g/mol. The van der Waals surface area contributed by atoms with E-state index in [0.717, 1.165) is 45.2 Å². The Morgan fingerprint density at radius 1 is 0.773 bits per heavy atom. The van der Waals surface area contributed by atoms with Crippen molar-refractivity contribution in [1.82, 2.24) is 60.3 Å². The number of hydrogen-bond acceptors (Lipinski definition) is 20. The lowest BCUT2D eigenvalue weighted by Gasteiger charge is -2.39. The molecule has 6 aromatic rings. The highest BCUT2D eigenvalue weighted by Crippen LogP contribution is 2.30. The molecule has 8 heterocycles. The van der Waals surface area contributed by atoms with Gasteiger partial charge in [0.25, 0.3) is 5.91 Å².